The van der Waals surface area contributed by atoms with E-state index in [4.69, 9.17) is 0 Å². The van der Waals surface area contributed by atoms with Gasteiger partial charge in [-0.3, -0.25) is 14.9 Å². The first kappa shape index (κ1) is 14.0. The predicted octanol–water partition coefficient (Wildman–Crippen LogP) is 1.29. The molecular formula is C14H17N3O3. The van der Waals surface area contributed by atoms with Gasteiger partial charge in [0, 0.05) is 17.3 Å². The monoisotopic (exact) mass is 275 g/mol. The standard InChI is InChI=1S/C14H17N3O3/c1-9(18)11-4-2-3-5-12(11)15-8-13(19)17-14(20)16-10-6-7-10/h2-5,10,15H,6-8H2,1H3,(H2,16,17,19,20). The maximum atomic E-state index is 11.6. The van der Waals surface area contributed by atoms with Gasteiger partial charge >= 0.3 is 6.03 Å². The molecule has 6 heteroatoms. The van der Waals surface area contributed by atoms with Gasteiger partial charge in [0.25, 0.3) is 0 Å². The molecule has 106 valence electrons. The van der Waals surface area contributed by atoms with Crippen LogP contribution in [0.3, 0.4) is 0 Å². The number of Topliss-reactive ketones (excluding diaryl/α,β-unsaturated/α-hetero) is 1. The zero-order valence-electron chi connectivity index (χ0n) is 11.2. The van der Waals surface area contributed by atoms with Crippen LogP contribution in [0.5, 0.6) is 0 Å². The fraction of sp³-hybridized carbons (Fsp3) is 0.357. The summed E-state index contributed by atoms with van der Waals surface area (Å²) in [4.78, 5) is 34.4. The Morgan fingerprint density at radius 3 is 2.55 bits per heavy atom. The Morgan fingerprint density at radius 1 is 1.20 bits per heavy atom. The van der Waals surface area contributed by atoms with Crippen LogP contribution in [0.25, 0.3) is 0 Å². The molecule has 0 unspecified atom stereocenters. The number of carbonyl (C=O) groups excluding carboxylic acids is 3. The Labute approximate surface area is 116 Å². The summed E-state index contributed by atoms with van der Waals surface area (Å²) in [6.45, 7) is 1.39. The fourth-order valence-electron chi connectivity index (χ4n) is 1.74. The molecule has 0 radical (unpaired) electrons. The third kappa shape index (κ3) is 4.08. The number of urea groups is 1. The van der Waals surface area contributed by atoms with Crippen LogP contribution < -0.4 is 16.0 Å². The molecule has 6 nitrogen and oxygen atoms in total. The number of rotatable bonds is 5. The lowest BCUT2D eigenvalue weighted by atomic mass is 10.1. The van der Waals surface area contributed by atoms with Crippen molar-refractivity contribution in [2.75, 3.05) is 11.9 Å². The first-order valence-corrected chi connectivity index (χ1v) is 6.50. The van der Waals surface area contributed by atoms with Crippen molar-refractivity contribution in [1.82, 2.24) is 10.6 Å². The molecule has 1 aromatic rings. The van der Waals surface area contributed by atoms with E-state index in [-0.39, 0.29) is 18.4 Å². The van der Waals surface area contributed by atoms with Gasteiger partial charge in [0.2, 0.25) is 5.91 Å². The first-order valence-electron chi connectivity index (χ1n) is 6.50. The zero-order chi connectivity index (χ0) is 14.5. The minimum atomic E-state index is -0.473. The van der Waals surface area contributed by atoms with Crippen LogP contribution in [0.2, 0.25) is 0 Å². The average Bonchev–Trinajstić information content (AvgIpc) is 3.20. The van der Waals surface area contributed by atoms with Crippen molar-refractivity contribution in [3.8, 4) is 0 Å². The Hall–Kier alpha value is -2.37. The van der Waals surface area contributed by atoms with Crippen LogP contribution in [0, 0.1) is 0 Å². The minimum Gasteiger partial charge on any atom is -0.376 e. The number of hydrogen-bond donors (Lipinski definition) is 3. The molecule has 2 rings (SSSR count). The molecule has 1 aliphatic carbocycles. The first-order chi connectivity index (χ1) is 9.56. The average molecular weight is 275 g/mol. The Kier molecular flexibility index (Phi) is 4.34. The van der Waals surface area contributed by atoms with Crippen LogP contribution in [-0.2, 0) is 4.79 Å². The highest BCUT2D eigenvalue weighted by molar-refractivity contribution is 6.01. The molecule has 0 spiro atoms. The molecule has 1 saturated carbocycles. The molecule has 3 N–H and O–H groups in total. The van der Waals surface area contributed by atoms with Crippen molar-refractivity contribution in [3.63, 3.8) is 0 Å². The quantitative estimate of drug-likeness (QED) is 0.707. The largest absolute Gasteiger partial charge is 0.376 e. The molecule has 20 heavy (non-hydrogen) atoms. The van der Waals surface area contributed by atoms with Crippen molar-refractivity contribution in [2.45, 2.75) is 25.8 Å². The second-order valence-electron chi connectivity index (χ2n) is 4.75. The summed E-state index contributed by atoms with van der Waals surface area (Å²) in [6, 6.07) is 6.65. The van der Waals surface area contributed by atoms with E-state index in [0.717, 1.165) is 12.8 Å². The van der Waals surface area contributed by atoms with E-state index >= 15 is 0 Å². The third-order valence-electron chi connectivity index (χ3n) is 2.91. The number of nitrogens with one attached hydrogen (secondary N) is 3. The summed E-state index contributed by atoms with van der Waals surface area (Å²) in [6.07, 6.45) is 1.93. The zero-order valence-corrected chi connectivity index (χ0v) is 11.2. The third-order valence-corrected chi connectivity index (χ3v) is 2.91. The number of imide groups is 1. The Balaban J connectivity index is 1.83. The number of carbonyl (C=O) groups is 3. The highest BCUT2D eigenvalue weighted by atomic mass is 16.2. The molecule has 3 amide bonds. The van der Waals surface area contributed by atoms with Crippen molar-refractivity contribution < 1.29 is 14.4 Å². The fourth-order valence-corrected chi connectivity index (χ4v) is 1.74. The molecule has 0 aliphatic heterocycles. The van der Waals surface area contributed by atoms with Gasteiger partial charge in [0.15, 0.2) is 5.78 Å². The minimum absolute atomic E-state index is 0.0671. The molecular weight excluding hydrogens is 258 g/mol. The summed E-state index contributed by atoms with van der Waals surface area (Å²) < 4.78 is 0. The number of benzene rings is 1. The lowest BCUT2D eigenvalue weighted by Gasteiger charge is -2.10. The highest BCUT2D eigenvalue weighted by Gasteiger charge is 2.23. The number of ketones is 1. The van der Waals surface area contributed by atoms with Gasteiger partial charge in [-0.2, -0.15) is 0 Å². The van der Waals surface area contributed by atoms with Crippen molar-refractivity contribution in [3.05, 3.63) is 29.8 Å². The van der Waals surface area contributed by atoms with E-state index in [9.17, 15) is 14.4 Å². The van der Waals surface area contributed by atoms with E-state index in [0.29, 0.717) is 11.3 Å². The molecule has 0 bridgehead atoms. The molecule has 1 fully saturated rings. The number of para-hydroxylation sites is 1. The van der Waals surface area contributed by atoms with Gasteiger partial charge in [-0.05, 0) is 31.9 Å². The van der Waals surface area contributed by atoms with Crippen LogP contribution in [-0.4, -0.2) is 30.3 Å². The van der Waals surface area contributed by atoms with Gasteiger partial charge in [-0.15, -0.1) is 0 Å². The van der Waals surface area contributed by atoms with Gasteiger partial charge in [-0.1, -0.05) is 12.1 Å². The number of amides is 3. The molecule has 0 saturated heterocycles. The van der Waals surface area contributed by atoms with E-state index in [1.165, 1.54) is 6.92 Å². The van der Waals surface area contributed by atoms with E-state index in [1.54, 1.807) is 24.3 Å². The molecule has 0 atom stereocenters. The number of anilines is 1. The summed E-state index contributed by atoms with van der Waals surface area (Å²) in [5, 5.41) is 7.75. The second-order valence-corrected chi connectivity index (χ2v) is 4.75. The summed E-state index contributed by atoms with van der Waals surface area (Å²) in [7, 11) is 0. The van der Waals surface area contributed by atoms with Crippen LogP contribution in [0.15, 0.2) is 24.3 Å². The highest BCUT2D eigenvalue weighted by Crippen LogP contribution is 2.18. The van der Waals surface area contributed by atoms with Gasteiger partial charge < -0.3 is 10.6 Å². The summed E-state index contributed by atoms with van der Waals surface area (Å²) >= 11 is 0. The van der Waals surface area contributed by atoms with Crippen molar-refractivity contribution in [1.29, 1.82) is 0 Å². The van der Waals surface area contributed by atoms with Gasteiger partial charge in [0.05, 0.1) is 6.54 Å². The van der Waals surface area contributed by atoms with Gasteiger partial charge in [-0.25, -0.2) is 4.79 Å². The molecule has 1 aliphatic rings. The lowest BCUT2D eigenvalue weighted by molar-refractivity contribution is -0.118. The topological polar surface area (TPSA) is 87.3 Å². The lowest BCUT2D eigenvalue weighted by Crippen LogP contribution is -2.42. The van der Waals surface area contributed by atoms with Gasteiger partial charge in [0.1, 0.15) is 0 Å². The maximum absolute atomic E-state index is 11.6. The van der Waals surface area contributed by atoms with Crippen molar-refractivity contribution >= 4 is 23.4 Å². The van der Waals surface area contributed by atoms with Crippen molar-refractivity contribution in [2.24, 2.45) is 0 Å². The van der Waals surface area contributed by atoms with Crippen LogP contribution >= 0.6 is 0 Å². The predicted molar refractivity (Wildman–Crippen MR) is 74.6 cm³/mol. The second kappa shape index (κ2) is 6.18. The van der Waals surface area contributed by atoms with E-state index < -0.39 is 11.9 Å². The molecule has 1 aromatic carbocycles. The smallest absolute Gasteiger partial charge is 0.321 e. The molecule has 0 heterocycles. The number of hydrogen-bond acceptors (Lipinski definition) is 4. The van der Waals surface area contributed by atoms with Crippen LogP contribution in [0.4, 0.5) is 10.5 Å². The Morgan fingerprint density at radius 2 is 1.90 bits per heavy atom. The van der Waals surface area contributed by atoms with E-state index in [2.05, 4.69) is 16.0 Å². The maximum Gasteiger partial charge on any atom is 0.321 e. The van der Waals surface area contributed by atoms with Crippen LogP contribution in [0.1, 0.15) is 30.1 Å². The summed E-state index contributed by atoms with van der Waals surface area (Å²) in [5.74, 6) is -0.526. The Bertz CT molecular complexity index is 538. The summed E-state index contributed by atoms with van der Waals surface area (Å²) in [5.41, 5.74) is 1.10. The van der Waals surface area contributed by atoms with E-state index in [1.807, 2.05) is 0 Å². The molecule has 0 aromatic heterocycles. The normalized spacial score (nSPS) is 13.4. The SMILES string of the molecule is CC(=O)c1ccccc1NCC(=O)NC(=O)NC1CC1.